The van der Waals surface area contributed by atoms with Crippen LogP contribution in [0.5, 0.6) is 5.75 Å². The van der Waals surface area contributed by atoms with Gasteiger partial charge in [0.15, 0.2) is 5.65 Å². The Morgan fingerprint density at radius 2 is 1.97 bits per heavy atom. The van der Waals surface area contributed by atoms with Crippen LogP contribution in [0.4, 0.5) is 13.2 Å². The van der Waals surface area contributed by atoms with Crippen LogP contribution in [0.25, 0.3) is 22.3 Å². The van der Waals surface area contributed by atoms with E-state index in [1.807, 2.05) is 0 Å². The summed E-state index contributed by atoms with van der Waals surface area (Å²) in [6.45, 7) is 1.49. The molecule has 0 spiro atoms. The van der Waals surface area contributed by atoms with Crippen LogP contribution in [0.2, 0.25) is 0 Å². The van der Waals surface area contributed by atoms with Crippen molar-refractivity contribution in [3.63, 3.8) is 0 Å². The molecule has 1 N–H and O–H groups in total. The minimum atomic E-state index is -4.62. The van der Waals surface area contributed by atoms with Gasteiger partial charge in [-0.3, -0.25) is 4.79 Å². The van der Waals surface area contributed by atoms with E-state index >= 15 is 0 Å². The monoisotopic (exact) mass is 405 g/mol. The van der Waals surface area contributed by atoms with E-state index in [-0.39, 0.29) is 41.5 Å². The zero-order valence-corrected chi connectivity index (χ0v) is 15.5. The van der Waals surface area contributed by atoms with E-state index in [1.165, 1.54) is 28.9 Å². The van der Waals surface area contributed by atoms with E-state index in [0.717, 1.165) is 18.9 Å². The molecule has 2 heterocycles. The molecule has 0 atom stereocenters. The highest BCUT2D eigenvalue weighted by Gasteiger charge is 2.39. The third-order valence-electron chi connectivity index (χ3n) is 4.75. The maximum absolute atomic E-state index is 13.9. The minimum absolute atomic E-state index is 0.00199. The SMILES string of the molecule is CCOC(=O)Cn1nc(C2CC2)c2c(C(F)(F)F)cc(-c3ccc(O)cc3)nc21. The fourth-order valence-electron chi connectivity index (χ4n) is 3.28. The molecule has 4 rings (SSSR count). The first-order chi connectivity index (χ1) is 13.8. The maximum Gasteiger partial charge on any atom is 0.417 e. The van der Waals surface area contributed by atoms with Gasteiger partial charge < -0.3 is 9.84 Å². The van der Waals surface area contributed by atoms with Gasteiger partial charge in [-0.25, -0.2) is 9.67 Å². The summed E-state index contributed by atoms with van der Waals surface area (Å²) in [6.07, 6.45) is -3.11. The van der Waals surface area contributed by atoms with Gasteiger partial charge in [0.1, 0.15) is 12.3 Å². The van der Waals surface area contributed by atoms with Crippen LogP contribution >= 0.6 is 0 Å². The van der Waals surface area contributed by atoms with Gasteiger partial charge in [0.05, 0.1) is 28.9 Å². The van der Waals surface area contributed by atoms with Crippen LogP contribution in [-0.4, -0.2) is 32.4 Å². The smallest absolute Gasteiger partial charge is 0.417 e. The Kier molecular flexibility index (Phi) is 4.68. The van der Waals surface area contributed by atoms with Gasteiger partial charge in [-0.05, 0) is 50.1 Å². The second-order valence-electron chi connectivity index (χ2n) is 6.92. The quantitative estimate of drug-likeness (QED) is 0.642. The largest absolute Gasteiger partial charge is 0.508 e. The first kappa shape index (κ1) is 19.2. The Morgan fingerprint density at radius 1 is 1.28 bits per heavy atom. The van der Waals surface area contributed by atoms with Crippen LogP contribution in [0.3, 0.4) is 0 Å². The fraction of sp³-hybridized carbons (Fsp3) is 0.350. The molecule has 0 radical (unpaired) electrons. The van der Waals surface area contributed by atoms with Crippen molar-refractivity contribution in [2.24, 2.45) is 0 Å². The lowest BCUT2D eigenvalue weighted by Gasteiger charge is -2.12. The van der Waals surface area contributed by atoms with E-state index in [0.29, 0.717) is 11.3 Å². The molecule has 0 amide bonds. The minimum Gasteiger partial charge on any atom is -0.508 e. The zero-order chi connectivity index (χ0) is 20.8. The summed E-state index contributed by atoms with van der Waals surface area (Å²) in [7, 11) is 0. The highest BCUT2D eigenvalue weighted by atomic mass is 19.4. The number of hydrogen-bond acceptors (Lipinski definition) is 5. The molecule has 0 bridgehead atoms. The number of halogens is 3. The lowest BCUT2D eigenvalue weighted by molar-refractivity contribution is -0.144. The van der Waals surface area contributed by atoms with Crippen LogP contribution in [0.1, 0.15) is 36.9 Å². The topological polar surface area (TPSA) is 77.2 Å². The Labute approximate surface area is 163 Å². The molecular formula is C20H18F3N3O3. The highest BCUT2D eigenvalue weighted by Crippen LogP contribution is 2.46. The number of carbonyl (C=O) groups excluding carboxylic acids is 1. The molecule has 2 aromatic heterocycles. The first-order valence-electron chi connectivity index (χ1n) is 9.21. The molecule has 0 aliphatic heterocycles. The number of alkyl halides is 3. The molecule has 9 heteroatoms. The highest BCUT2D eigenvalue weighted by molar-refractivity contribution is 5.87. The number of aromatic nitrogens is 3. The van der Waals surface area contributed by atoms with Crippen LogP contribution in [0, 0.1) is 0 Å². The van der Waals surface area contributed by atoms with Crippen molar-refractivity contribution in [2.75, 3.05) is 6.61 Å². The Morgan fingerprint density at radius 3 is 2.55 bits per heavy atom. The molecule has 152 valence electrons. The van der Waals surface area contributed by atoms with E-state index in [2.05, 4.69) is 10.1 Å². The average molecular weight is 405 g/mol. The number of fused-ring (bicyclic) bond motifs is 1. The predicted octanol–water partition coefficient (Wildman–Crippen LogP) is 4.26. The van der Waals surface area contributed by atoms with E-state index in [1.54, 1.807) is 6.92 Å². The molecule has 1 aromatic carbocycles. The molecule has 6 nitrogen and oxygen atoms in total. The number of benzene rings is 1. The van der Waals surface area contributed by atoms with Gasteiger partial charge >= 0.3 is 12.1 Å². The van der Waals surface area contributed by atoms with Crippen molar-refractivity contribution in [1.82, 2.24) is 14.8 Å². The molecule has 0 saturated heterocycles. The molecular weight excluding hydrogens is 387 g/mol. The molecule has 29 heavy (non-hydrogen) atoms. The Bertz CT molecular complexity index is 1070. The fourth-order valence-corrected chi connectivity index (χ4v) is 3.28. The van der Waals surface area contributed by atoms with Crippen molar-refractivity contribution in [1.29, 1.82) is 0 Å². The van der Waals surface area contributed by atoms with Gasteiger partial charge in [0.2, 0.25) is 0 Å². The molecule has 0 unspecified atom stereocenters. The number of phenolic OH excluding ortho intramolecular Hbond substituents is 1. The van der Waals surface area contributed by atoms with Crippen LogP contribution < -0.4 is 0 Å². The van der Waals surface area contributed by atoms with Crippen molar-refractivity contribution in [3.8, 4) is 17.0 Å². The number of phenols is 1. The Hall–Kier alpha value is -3.10. The molecule has 1 fully saturated rings. The van der Waals surface area contributed by atoms with Crippen molar-refractivity contribution in [3.05, 3.63) is 41.6 Å². The van der Waals surface area contributed by atoms with Crippen LogP contribution in [-0.2, 0) is 22.3 Å². The standard InChI is InChI=1S/C20H18F3N3O3/c1-2-29-16(28)10-26-19-17(18(25-26)12-3-4-12)14(20(21,22)23)9-15(24-19)11-5-7-13(27)8-6-11/h5-9,12,27H,2-4,10H2,1H3. The number of nitrogens with zero attached hydrogens (tertiary/aromatic N) is 3. The molecule has 1 aliphatic rings. The second kappa shape index (κ2) is 7.06. The van der Waals surface area contributed by atoms with Gasteiger partial charge in [0, 0.05) is 11.5 Å². The van der Waals surface area contributed by atoms with E-state index in [4.69, 9.17) is 4.74 Å². The normalized spacial score (nSPS) is 14.3. The lowest BCUT2D eigenvalue weighted by Crippen LogP contribution is -2.15. The maximum atomic E-state index is 13.9. The summed E-state index contributed by atoms with van der Waals surface area (Å²) >= 11 is 0. The summed E-state index contributed by atoms with van der Waals surface area (Å²) in [5.74, 6) is -0.665. The first-order valence-corrected chi connectivity index (χ1v) is 9.21. The summed E-state index contributed by atoms with van der Waals surface area (Å²) in [5.41, 5.74) is -0.0222. The van der Waals surface area contributed by atoms with Gasteiger partial charge in [-0.2, -0.15) is 18.3 Å². The number of ether oxygens (including phenoxy) is 1. The molecule has 1 aliphatic carbocycles. The Balaban J connectivity index is 1.95. The number of carbonyl (C=O) groups is 1. The van der Waals surface area contributed by atoms with Gasteiger partial charge in [-0.15, -0.1) is 0 Å². The number of hydrogen-bond donors (Lipinski definition) is 1. The van der Waals surface area contributed by atoms with Crippen LogP contribution in [0.15, 0.2) is 30.3 Å². The lowest BCUT2D eigenvalue weighted by atomic mass is 10.0. The summed E-state index contributed by atoms with van der Waals surface area (Å²) in [4.78, 5) is 16.4. The summed E-state index contributed by atoms with van der Waals surface area (Å²) in [5, 5.41) is 13.7. The van der Waals surface area contributed by atoms with E-state index < -0.39 is 17.7 Å². The summed E-state index contributed by atoms with van der Waals surface area (Å²) < 4.78 is 47.9. The number of rotatable bonds is 5. The van der Waals surface area contributed by atoms with E-state index in [9.17, 15) is 23.1 Å². The number of aromatic hydroxyl groups is 1. The van der Waals surface area contributed by atoms with Gasteiger partial charge in [0.25, 0.3) is 0 Å². The predicted molar refractivity (Wildman–Crippen MR) is 98.2 cm³/mol. The number of esters is 1. The third kappa shape index (κ3) is 3.76. The van der Waals surface area contributed by atoms with Crippen molar-refractivity contribution >= 4 is 17.0 Å². The molecule has 3 aromatic rings. The third-order valence-corrected chi connectivity index (χ3v) is 4.75. The van der Waals surface area contributed by atoms with Crippen molar-refractivity contribution < 1.29 is 27.8 Å². The molecule has 1 saturated carbocycles. The number of pyridine rings is 1. The zero-order valence-electron chi connectivity index (χ0n) is 15.5. The van der Waals surface area contributed by atoms with Gasteiger partial charge in [-0.1, -0.05) is 0 Å². The average Bonchev–Trinajstić information content (AvgIpc) is 3.44. The van der Waals surface area contributed by atoms with Crippen molar-refractivity contribution in [2.45, 2.75) is 38.4 Å². The second-order valence-corrected chi connectivity index (χ2v) is 6.92. The summed E-state index contributed by atoms with van der Waals surface area (Å²) in [6, 6.07) is 6.71.